The van der Waals surface area contributed by atoms with Crippen LogP contribution in [0.25, 0.3) is 0 Å². The van der Waals surface area contributed by atoms with E-state index in [1.165, 1.54) is 0 Å². The molecule has 1 heterocycles. The SMILES string of the molecule is CCCCCC(=O)N(CCCCC)CC(=O)N(Cc1cccn1Cc1cccc(OC)c1)C(C)CC. The van der Waals surface area contributed by atoms with E-state index >= 15 is 0 Å². The summed E-state index contributed by atoms with van der Waals surface area (Å²) in [6.45, 7) is 10.6. The number of nitrogens with zero attached hydrogens (tertiary/aromatic N) is 3. The molecule has 0 saturated heterocycles. The molecule has 0 aliphatic heterocycles. The van der Waals surface area contributed by atoms with Crippen LogP contribution in [0.1, 0.15) is 90.3 Å². The predicted molar refractivity (Wildman–Crippen MR) is 147 cm³/mol. The largest absolute Gasteiger partial charge is 0.497 e. The van der Waals surface area contributed by atoms with Crippen molar-refractivity contribution in [2.45, 2.75) is 98.2 Å². The van der Waals surface area contributed by atoms with Crippen LogP contribution in [-0.2, 0) is 22.7 Å². The van der Waals surface area contributed by atoms with Crippen LogP contribution in [0.5, 0.6) is 5.75 Å². The number of unbranched alkanes of at least 4 members (excludes halogenated alkanes) is 4. The first kappa shape index (κ1) is 29.5. The van der Waals surface area contributed by atoms with Gasteiger partial charge in [-0.15, -0.1) is 0 Å². The van der Waals surface area contributed by atoms with Crippen molar-refractivity contribution in [1.82, 2.24) is 14.4 Å². The quantitative estimate of drug-likeness (QED) is 0.242. The Hall–Kier alpha value is -2.76. The number of aromatic nitrogens is 1. The number of rotatable bonds is 17. The van der Waals surface area contributed by atoms with E-state index in [2.05, 4.69) is 50.6 Å². The Morgan fingerprint density at radius 1 is 0.972 bits per heavy atom. The van der Waals surface area contributed by atoms with Crippen molar-refractivity contribution in [3.63, 3.8) is 0 Å². The van der Waals surface area contributed by atoms with E-state index in [1.54, 1.807) is 12.0 Å². The predicted octanol–water partition coefficient (Wildman–Crippen LogP) is 6.27. The van der Waals surface area contributed by atoms with Gasteiger partial charge in [0.1, 0.15) is 5.75 Å². The molecule has 200 valence electrons. The van der Waals surface area contributed by atoms with Crippen LogP contribution in [0.2, 0.25) is 0 Å². The first-order valence-corrected chi connectivity index (χ1v) is 13.8. The number of carbonyl (C=O) groups is 2. The fourth-order valence-electron chi connectivity index (χ4n) is 4.38. The zero-order valence-electron chi connectivity index (χ0n) is 23.2. The normalized spacial score (nSPS) is 11.8. The molecule has 2 amide bonds. The number of ether oxygens (including phenoxy) is 1. The van der Waals surface area contributed by atoms with E-state index < -0.39 is 0 Å². The third-order valence-electron chi connectivity index (χ3n) is 6.89. The minimum atomic E-state index is 0.0267. The van der Waals surface area contributed by atoms with Crippen molar-refractivity contribution < 1.29 is 14.3 Å². The Morgan fingerprint density at radius 3 is 2.42 bits per heavy atom. The summed E-state index contributed by atoms with van der Waals surface area (Å²) in [6.07, 6.45) is 9.57. The molecule has 1 aromatic heterocycles. The third-order valence-corrected chi connectivity index (χ3v) is 6.89. The summed E-state index contributed by atoms with van der Waals surface area (Å²) in [6, 6.07) is 12.3. The lowest BCUT2D eigenvalue weighted by atomic mass is 10.1. The molecule has 2 rings (SSSR count). The zero-order chi connectivity index (χ0) is 26.3. The molecular weight excluding hydrogens is 450 g/mol. The van der Waals surface area contributed by atoms with E-state index in [-0.39, 0.29) is 24.4 Å². The van der Waals surface area contributed by atoms with Crippen LogP contribution < -0.4 is 4.74 Å². The van der Waals surface area contributed by atoms with Crippen molar-refractivity contribution in [3.8, 4) is 5.75 Å². The molecule has 0 N–H and O–H groups in total. The number of benzene rings is 1. The molecule has 0 bridgehead atoms. The highest BCUT2D eigenvalue weighted by molar-refractivity contribution is 5.85. The van der Waals surface area contributed by atoms with E-state index in [4.69, 9.17) is 4.74 Å². The third kappa shape index (κ3) is 9.36. The molecule has 0 aliphatic rings. The summed E-state index contributed by atoms with van der Waals surface area (Å²) in [4.78, 5) is 30.3. The molecule has 0 fully saturated rings. The maximum atomic E-state index is 13.6. The fraction of sp³-hybridized carbons (Fsp3) is 0.600. The average molecular weight is 498 g/mol. The molecule has 0 saturated carbocycles. The second-order valence-electron chi connectivity index (χ2n) is 9.74. The molecule has 0 radical (unpaired) electrons. The van der Waals surface area contributed by atoms with E-state index in [9.17, 15) is 9.59 Å². The van der Waals surface area contributed by atoms with Crippen LogP contribution in [0.3, 0.4) is 0 Å². The van der Waals surface area contributed by atoms with Gasteiger partial charge in [0.25, 0.3) is 0 Å². The molecule has 2 aromatic rings. The molecule has 1 atom stereocenters. The highest BCUT2D eigenvalue weighted by Crippen LogP contribution is 2.18. The van der Waals surface area contributed by atoms with Gasteiger partial charge in [0.15, 0.2) is 0 Å². The highest BCUT2D eigenvalue weighted by atomic mass is 16.5. The molecule has 1 unspecified atom stereocenters. The summed E-state index contributed by atoms with van der Waals surface area (Å²) < 4.78 is 7.56. The molecule has 6 nitrogen and oxygen atoms in total. The number of methoxy groups -OCH3 is 1. The van der Waals surface area contributed by atoms with Gasteiger partial charge >= 0.3 is 0 Å². The molecule has 36 heavy (non-hydrogen) atoms. The summed E-state index contributed by atoms with van der Waals surface area (Å²) >= 11 is 0. The topological polar surface area (TPSA) is 54.8 Å². The standard InChI is InChI=1S/C30H47N3O3/c1-6-9-11-18-29(34)32(19-12-10-7-2)24-30(35)33(25(4)8-3)23-27-16-14-20-31(27)22-26-15-13-17-28(21-26)36-5/h13-17,20-21,25H,6-12,18-19,22-24H2,1-5H3. The molecule has 6 heteroatoms. The first-order chi connectivity index (χ1) is 17.4. The lowest BCUT2D eigenvalue weighted by Gasteiger charge is -2.32. The monoisotopic (exact) mass is 497 g/mol. The van der Waals surface area contributed by atoms with Crippen LogP contribution in [0.15, 0.2) is 42.6 Å². The Morgan fingerprint density at radius 2 is 1.72 bits per heavy atom. The first-order valence-electron chi connectivity index (χ1n) is 13.8. The van der Waals surface area contributed by atoms with Crippen LogP contribution in [0, 0.1) is 0 Å². The van der Waals surface area contributed by atoms with Crippen molar-refractivity contribution in [2.75, 3.05) is 20.2 Å². The Bertz CT molecular complexity index is 924. The van der Waals surface area contributed by atoms with E-state index in [0.29, 0.717) is 26.1 Å². The van der Waals surface area contributed by atoms with Crippen molar-refractivity contribution in [1.29, 1.82) is 0 Å². The molecule has 1 aromatic carbocycles. The van der Waals surface area contributed by atoms with Gasteiger partial charge in [-0.05, 0) is 56.0 Å². The second-order valence-corrected chi connectivity index (χ2v) is 9.74. The lowest BCUT2D eigenvalue weighted by Crippen LogP contribution is -2.46. The number of hydrogen-bond acceptors (Lipinski definition) is 3. The molecule has 0 spiro atoms. The summed E-state index contributed by atoms with van der Waals surface area (Å²) in [5, 5.41) is 0. The van der Waals surface area contributed by atoms with Gasteiger partial charge in [0.05, 0.1) is 20.2 Å². The van der Waals surface area contributed by atoms with Crippen molar-refractivity contribution in [2.24, 2.45) is 0 Å². The lowest BCUT2D eigenvalue weighted by molar-refractivity contribution is -0.142. The van der Waals surface area contributed by atoms with E-state index in [0.717, 1.165) is 62.0 Å². The molecule has 0 aliphatic carbocycles. The summed E-state index contributed by atoms with van der Waals surface area (Å²) in [7, 11) is 1.68. The summed E-state index contributed by atoms with van der Waals surface area (Å²) in [5.41, 5.74) is 2.23. The number of hydrogen-bond donors (Lipinski definition) is 0. The average Bonchev–Trinajstić information content (AvgIpc) is 3.32. The Kier molecular flexibility index (Phi) is 13.2. The van der Waals surface area contributed by atoms with Crippen molar-refractivity contribution in [3.05, 3.63) is 53.9 Å². The Balaban J connectivity index is 2.15. The molecular formula is C30H47N3O3. The van der Waals surface area contributed by atoms with Crippen LogP contribution >= 0.6 is 0 Å². The van der Waals surface area contributed by atoms with Crippen molar-refractivity contribution >= 4 is 11.8 Å². The van der Waals surface area contributed by atoms with Crippen LogP contribution in [0.4, 0.5) is 0 Å². The van der Waals surface area contributed by atoms with Gasteiger partial charge in [0.2, 0.25) is 11.8 Å². The highest BCUT2D eigenvalue weighted by Gasteiger charge is 2.24. The van der Waals surface area contributed by atoms with Gasteiger partial charge in [-0.3, -0.25) is 9.59 Å². The maximum absolute atomic E-state index is 13.6. The maximum Gasteiger partial charge on any atom is 0.242 e. The zero-order valence-corrected chi connectivity index (χ0v) is 23.2. The Labute approximate surface area is 218 Å². The number of amides is 2. The minimum Gasteiger partial charge on any atom is -0.497 e. The minimum absolute atomic E-state index is 0.0267. The van der Waals surface area contributed by atoms with Gasteiger partial charge in [0, 0.05) is 37.4 Å². The van der Waals surface area contributed by atoms with Gasteiger partial charge < -0.3 is 19.1 Å². The second kappa shape index (κ2) is 16.1. The van der Waals surface area contributed by atoms with Crippen LogP contribution in [-0.4, -0.2) is 52.4 Å². The van der Waals surface area contributed by atoms with Gasteiger partial charge in [-0.25, -0.2) is 0 Å². The fourth-order valence-corrected chi connectivity index (χ4v) is 4.38. The summed E-state index contributed by atoms with van der Waals surface area (Å²) in [5.74, 6) is 0.974. The smallest absolute Gasteiger partial charge is 0.242 e. The van der Waals surface area contributed by atoms with Gasteiger partial charge in [-0.2, -0.15) is 0 Å². The van der Waals surface area contributed by atoms with E-state index in [1.807, 2.05) is 29.2 Å². The van der Waals surface area contributed by atoms with Gasteiger partial charge in [-0.1, -0.05) is 58.6 Å². The number of carbonyl (C=O) groups excluding carboxylic acids is 2.